The van der Waals surface area contributed by atoms with Gasteiger partial charge in [0.15, 0.2) is 10.9 Å². The normalized spacial score (nSPS) is 22.1. The van der Waals surface area contributed by atoms with Crippen molar-refractivity contribution >= 4 is 17.1 Å². The Morgan fingerprint density at radius 2 is 2.12 bits per heavy atom. The molecule has 0 aromatic heterocycles. The van der Waals surface area contributed by atoms with Gasteiger partial charge in [-0.3, -0.25) is 0 Å². The van der Waals surface area contributed by atoms with Crippen molar-refractivity contribution in [1.82, 2.24) is 5.32 Å². The minimum absolute atomic E-state index is 0.126. The molecule has 1 heterocycles. The van der Waals surface area contributed by atoms with Crippen molar-refractivity contribution in [1.29, 1.82) is 0 Å². The maximum absolute atomic E-state index is 11.2. The van der Waals surface area contributed by atoms with Gasteiger partial charge >= 0.3 is 0 Å². The third-order valence-corrected chi connectivity index (χ3v) is 3.55. The van der Waals surface area contributed by atoms with Crippen LogP contribution in [0.4, 0.5) is 0 Å². The fourth-order valence-electron chi connectivity index (χ4n) is 1.74. The molecule has 5 heteroatoms. The maximum atomic E-state index is 11.2. The first kappa shape index (κ1) is 11.3. The Morgan fingerprint density at radius 3 is 2.69 bits per heavy atom. The average molecular weight is 237 g/mol. The average Bonchev–Trinajstić information content (AvgIpc) is 2.29. The number of guanidine groups is 1. The van der Waals surface area contributed by atoms with Gasteiger partial charge in [-0.2, -0.15) is 0 Å². The quantitative estimate of drug-likeness (QED) is 0.746. The summed E-state index contributed by atoms with van der Waals surface area (Å²) < 4.78 is 11.2. The van der Waals surface area contributed by atoms with Crippen molar-refractivity contribution in [3.63, 3.8) is 0 Å². The van der Waals surface area contributed by atoms with E-state index in [9.17, 15) is 4.55 Å². The summed E-state index contributed by atoms with van der Waals surface area (Å²) in [5.74, 6) is 0.499. The van der Waals surface area contributed by atoms with Crippen molar-refractivity contribution in [3.05, 3.63) is 29.8 Å². The van der Waals surface area contributed by atoms with Crippen LogP contribution in [-0.4, -0.2) is 23.3 Å². The summed E-state index contributed by atoms with van der Waals surface area (Å²) in [5.41, 5.74) is 6.75. The van der Waals surface area contributed by atoms with Gasteiger partial charge < -0.3 is 15.6 Å². The van der Waals surface area contributed by atoms with Crippen LogP contribution >= 0.6 is 0 Å². The third kappa shape index (κ3) is 2.48. The van der Waals surface area contributed by atoms with Gasteiger partial charge in [0, 0.05) is 6.54 Å². The first-order valence-corrected chi connectivity index (χ1v) is 6.73. The van der Waals surface area contributed by atoms with E-state index in [1.807, 2.05) is 24.3 Å². The van der Waals surface area contributed by atoms with E-state index < -0.39 is 11.2 Å². The van der Waals surface area contributed by atoms with E-state index in [1.165, 1.54) is 0 Å². The summed E-state index contributed by atoms with van der Waals surface area (Å²) in [6.07, 6.45) is 2.62. The van der Waals surface area contributed by atoms with Crippen LogP contribution in [-0.2, 0) is 11.2 Å². The second kappa shape index (κ2) is 4.76. The molecule has 1 aromatic carbocycles. The van der Waals surface area contributed by atoms with Crippen LogP contribution in [0.3, 0.4) is 0 Å². The molecule has 1 aromatic rings. The summed E-state index contributed by atoms with van der Waals surface area (Å²) in [5, 5.41) is 2.99. The Labute approximate surface area is 98.1 Å². The number of hydrogen-bond acceptors (Lipinski definition) is 4. The zero-order chi connectivity index (χ0) is 11.5. The summed E-state index contributed by atoms with van der Waals surface area (Å²) in [6, 6.07) is 7.85. The number of benzene rings is 1. The highest BCUT2D eigenvalue weighted by Crippen LogP contribution is 2.23. The molecule has 0 saturated heterocycles. The molecule has 0 amide bonds. The van der Waals surface area contributed by atoms with Gasteiger partial charge in [-0.05, 0) is 35.3 Å². The van der Waals surface area contributed by atoms with Gasteiger partial charge in [-0.1, -0.05) is 12.1 Å². The molecule has 2 rings (SSSR count). The van der Waals surface area contributed by atoms with E-state index in [-0.39, 0.29) is 6.04 Å². The highest BCUT2D eigenvalue weighted by molar-refractivity contribution is 7.90. The smallest absolute Gasteiger partial charge is 0.189 e. The lowest BCUT2D eigenvalue weighted by Gasteiger charge is -2.20. The van der Waals surface area contributed by atoms with Gasteiger partial charge in [0.2, 0.25) is 0 Å². The third-order valence-electron chi connectivity index (χ3n) is 2.62. The number of nitrogens with zero attached hydrogens (tertiary/aromatic N) is 1. The van der Waals surface area contributed by atoms with Gasteiger partial charge in [0.25, 0.3) is 0 Å². The molecular formula is C11H15N3OS. The number of hydrogen-bond donors (Lipinski definition) is 2. The molecule has 16 heavy (non-hydrogen) atoms. The second-order valence-corrected chi connectivity index (χ2v) is 5.15. The summed E-state index contributed by atoms with van der Waals surface area (Å²) in [6.45, 7) is 0.849. The fourth-order valence-corrected chi connectivity index (χ4v) is 2.26. The molecule has 1 aliphatic rings. The van der Waals surface area contributed by atoms with Crippen molar-refractivity contribution < 1.29 is 4.55 Å². The molecule has 0 fully saturated rings. The van der Waals surface area contributed by atoms with Crippen molar-refractivity contribution in [2.75, 3.05) is 12.8 Å². The molecule has 0 aliphatic carbocycles. The number of nitrogens with one attached hydrogen (secondary N) is 1. The number of aliphatic imine (C=N–C) groups is 1. The second-order valence-electron chi connectivity index (χ2n) is 3.77. The van der Waals surface area contributed by atoms with Gasteiger partial charge in [0.05, 0.1) is 6.04 Å². The van der Waals surface area contributed by atoms with Gasteiger partial charge in [-0.15, -0.1) is 0 Å². The Morgan fingerprint density at radius 1 is 1.44 bits per heavy atom. The summed E-state index contributed by atoms with van der Waals surface area (Å²) in [7, 11) is 0. The van der Waals surface area contributed by atoms with Crippen LogP contribution in [0.1, 0.15) is 18.0 Å². The highest BCUT2D eigenvalue weighted by atomic mass is 32.2. The lowest BCUT2D eigenvalue weighted by atomic mass is 10.0. The van der Waals surface area contributed by atoms with E-state index in [2.05, 4.69) is 10.3 Å². The van der Waals surface area contributed by atoms with E-state index in [4.69, 9.17) is 5.73 Å². The molecule has 0 spiro atoms. The Hall–Kier alpha value is -1.20. The predicted molar refractivity (Wildman–Crippen MR) is 65.8 cm³/mol. The molecule has 86 valence electrons. The van der Waals surface area contributed by atoms with Crippen LogP contribution in [0.2, 0.25) is 0 Å². The molecule has 4 nitrogen and oxygen atoms in total. The topological polar surface area (TPSA) is 73.5 Å². The van der Waals surface area contributed by atoms with Crippen LogP contribution in [0, 0.1) is 0 Å². The van der Waals surface area contributed by atoms with E-state index in [1.54, 1.807) is 6.26 Å². The van der Waals surface area contributed by atoms with Crippen molar-refractivity contribution in [2.24, 2.45) is 10.7 Å². The molecule has 2 atom stereocenters. The molecule has 0 radical (unpaired) electrons. The SMILES string of the molecule is C[S+]([O-])c1ccc(C2CCNC(N)=N2)cc1. The number of nitrogens with two attached hydrogens (primary N) is 1. The minimum Gasteiger partial charge on any atom is -0.612 e. The number of rotatable bonds is 2. The summed E-state index contributed by atoms with van der Waals surface area (Å²) in [4.78, 5) is 5.18. The lowest BCUT2D eigenvalue weighted by molar-refractivity contribution is 0.596. The van der Waals surface area contributed by atoms with Crippen molar-refractivity contribution in [2.45, 2.75) is 17.4 Å². The van der Waals surface area contributed by atoms with Gasteiger partial charge in [0.1, 0.15) is 6.26 Å². The van der Waals surface area contributed by atoms with E-state index in [0.29, 0.717) is 5.96 Å². The van der Waals surface area contributed by atoms with E-state index >= 15 is 0 Å². The molecule has 0 saturated carbocycles. The minimum atomic E-state index is -0.922. The summed E-state index contributed by atoms with van der Waals surface area (Å²) >= 11 is -0.922. The maximum Gasteiger partial charge on any atom is 0.189 e. The fraction of sp³-hybridized carbons (Fsp3) is 0.364. The van der Waals surface area contributed by atoms with Crippen LogP contribution in [0.5, 0.6) is 0 Å². The largest absolute Gasteiger partial charge is 0.612 e. The molecule has 1 aliphatic heterocycles. The standard InChI is InChI=1S/C11H15N3OS/c1-16(15)9-4-2-8(3-5-9)10-6-7-13-11(12)14-10/h2-5,10H,6-7H2,1H3,(H3,12,13,14). The molecule has 0 bridgehead atoms. The lowest BCUT2D eigenvalue weighted by Crippen LogP contribution is -2.36. The predicted octanol–water partition coefficient (Wildman–Crippen LogP) is 0.773. The first-order valence-electron chi connectivity index (χ1n) is 5.17. The highest BCUT2D eigenvalue weighted by Gasteiger charge is 2.15. The zero-order valence-corrected chi connectivity index (χ0v) is 9.96. The van der Waals surface area contributed by atoms with Crippen LogP contribution in [0.15, 0.2) is 34.2 Å². The molecule has 3 N–H and O–H groups in total. The van der Waals surface area contributed by atoms with Crippen molar-refractivity contribution in [3.8, 4) is 0 Å². The molecular weight excluding hydrogens is 222 g/mol. The monoisotopic (exact) mass is 237 g/mol. The van der Waals surface area contributed by atoms with Gasteiger partial charge in [-0.25, -0.2) is 4.99 Å². The van der Waals surface area contributed by atoms with E-state index in [0.717, 1.165) is 23.4 Å². The first-order chi connectivity index (χ1) is 7.66. The van der Waals surface area contributed by atoms with Crippen LogP contribution < -0.4 is 11.1 Å². The zero-order valence-electron chi connectivity index (χ0n) is 9.14. The molecule has 2 unspecified atom stereocenters. The Kier molecular flexibility index (Phi) is 3.36. The van der Waals surface area contributed by atoms with Crippen LogP contribution in [0.25, 0.3) is 0 Å². The Balaban J connectivity index is 2.18. The Bertz CT molecular complexity index is 389.